The molecule has 1 aromatic rings. The molecule has 2 nitrogen and oxygen atoms in total. The van der Waals surface area contributed by atoms with Crippen LogP contribution in [0.4, 0.5) is 0 Å². The molecule has 3 heteroatoms. The fourth-order valence-corrected chi connectivity index (χ4v) is 4.11. The van der Waals surface area contributed by atoms with Gasteiger partial charge >= 0.3 is 0 Å². The van der Waals surface area contributed by atoms with Crippen LogP contribution in [0.15, 0.2) is 21.2 Å². The molecule has 0 bridgehead atoms. The zero-order valence-electron chi connectivity index (χ0n) is 12.6. The van der Waals surface area contributed by atoms with Crippen LogP contribution in [0.25, 0.3) is 0 Å². The molecule has 0 amide bonds. The second-order valence-corrected chi connectivity index (χ2v) is 7.85. The zero-order valence-corrected chi connectivity index (χ0v) is 14.2. The van der Waals surface area contributed by atoms with Gasteiger partial charge in [0.1, 0.15) is 5.76 Å². The van der Waals surface area contributed by atoms with Gasteiger partial charge in [-0.05, 0) is 78.4 Å². The Morgan fingerprint density at radius 1 is 1.30 bits per heavy atom. The molecular formula is C17H26BrNO. The molecule has 3 unspecified atom stereocenters. The average Bonchev–Trinajstić information content (AvgIpc) is 3.17. The fourth-order valence-electron chi connectivity index (χ4n) is 3.61. The summed E-state index contributed by atoms with van der Waals surface area (Å²) in [5, 5.41) is 3.72. The van der Waals surface area contributed by atoms with Crippen LogP contribution in [-0.2, 0) is 0 Å². The minimum Gasteiger partial charge on any atom is -0.468 e. The number of halogens is 1. The molecule has 2 aliphatic carbocycles. The lowest BCUT2D eigenvalue weighted by Crippen LogP contribution is -2.34. The lowest BCUT2D eigenvalue weighted by molar-refractivity contribution is 0.174. The molecule has 0 aromatic carbocycles. The fraction of sp³-hybridized carbons (Fsp3) is 0.765. The van der Waals surface area contributed by atoms with Gasteiger partial charge in [-0.25, -0.2) is 0 Å². The Morgan fingerprint density at radius 2 is 2.10 bits per heavy atom. The van der Waals surface area contributed by atoms with Crippen LogP contribution >= 0.6 is 15.9 Å². The van der Waals surface area contributed by atoms with Crippen LogP contribution in [0.5, 0.6) is 0 Å². The van der Waals surface area contributed by atoms with Gasteiger partial charge in [0.15, 0.2) is 0 Å². The lowest BCUT2D eigenvalue weighted by atomic mass is 9.69. The minimum atomic E-state index is 0.576. The van der Waals surface area contributed by atoms with E-state index in [1.54, 1.807) is 0 Å². The average molecular weight is 340 g/mol. The van der Waals surface area contributed by atoms with Crippen LogP contribution in [0.3, 0.4) is 0 Å². The molecule has 1 N–H and O–H groups in total. The molecule has 1 heterocycles. The van der Waals surface area contributed by atoms with Gasteiger partial charge in [0, 0.05) is 12.0 Å². The molecule has 0 saturated heterocycles. The first-order valence-corrected chi connectivity index (χ1v) is 8.90. The van der Waals surface area contributed by atoms with Crippen LogP contribution in [-0.4, -0.2) is 12.6 Å². The van der Waals surface area contributed by atoms with Crippen LogP contribution in [0.2, 0.25) is 0 Å². The maximum Gasteiger partial charge on any atom is 0.121 e. The second-order valence-electron chi connectivity index (χ2n) is 7.00. The maximum absolute atomic E-state index is 5.81. The topological polar surface area (TPSA) is 25.2 Å². The summed E-state index contributed by atoms with van der Waals surface area (Å²) in [7, 11) is 0. The van der Waals surface area contributed by atoms with Gasteiger partial charge in [-0.2, -0.15) is 0 Å². The zero-order chi connectivity index (χ0) is 14.1. The van der Waals surface area contributed by atoms with E-state index in [0.717, 1.165) is 34.8 Å². The number of nitrogens with one attached hydrogen (secondary N) is 1. The van der Waals surface area contributed by atoms with Crippen molar-refractivity contribution in [1.29, 1.82) is 0 Å². The SMILES string of the molecule is CC(C)C1CCC(CNC2CC2)C(c2occc2Br)C1. The van der Waals surface area contributed by atoms with Crippen LogP contribution < -0.4 is 5.32 Å². The minimum absolute atomic E-state index is 0.576. The van der Waals surface area contributed by atoms with Crippen molar-refractivity contribution in [2.75, 3.05) is 6.54 Å². The summed E-state index contributed by atoms with van der Waals surface area (Å²) in [6.45, 7) is 5.89. The van der Waals surface area contributed by atoms with Crippen molar-refractivity contribution in [2.45, 2.75) is 57.9 Å². The van der Waals surface area contributed by atoms with Gasteiger partial charge in [0.25, 0.3) is 0 Å². The van der Waals surface area contributed by atoms with Crippen LogP contribution in [0.1, 0.15) is 57.6 Å². The molecule has 20 heavy (non-hydrogen) atoms. The first-order chi connectivity index (χ1) is 9.65. The van der Waals surface area contributed by atoms with E-state index in [9.17, 15) is 0 Å². The summed E-state index contributed by atoms with van der Waals surface area (Å²) in [5.41, 5.74) is 0. The Bertz CT molecular complexity index is 438. The molecule has 3 rings (SSSR count). The van der Waals surface area contributed by atoms with Gasteiger partial charge in [-0.15, -0.1) is 0 Å². The van der Waals surface area contributed by atoms with E-state index in [1.165, 1.54) is 37.9 Å². The maximum atomic E-state index is 5.81. The van der Waals surface area contributed by atoms with Crippen molar-refractivity contribution in [2.24, 2.45) is 17.8 Å². The molecule has 2 saturated carbocycles. The largest absolute Gasteiger partial charge is 0.468 e. The van der Waals surface area contributed by atoms with E-state index in [-0.39, 0.29) is 0 Å². The van der Waals surface area contributed by atoms with Gasteiger partial charge in [-0.1, -0.05) is 13.8 Å². The first-order valence-electron chi connectivity index (χ1n) is 8.11. The Morgan fingerprint density at radius 3 is 2.70 bits per heavy atom. The van der Waals surface area contributed by atoms with Crippen molar-refractivity contribution in [1.82, 2.24) is 5.32 Å². The third-order valence-corrected chi connectivity index (χ3v) is 5.86. The first kappa shape index (κ1) is 14.6. The van der Waals surface area contributed by atoms with Gasteiger partial charge in [-0.3, -0.25) is 0 Å². The summed E-state index contributed by atoms with van der Waals surface area (Å²) in [5.74, 6) is 4.11. The third kappa shape index (κ3) is 3.30. The molecule has 1 aromatic heterocycles. The Kier molecular flexibility index (Phi) is 4.56. The predicted molar refractivity (Wildman–Crippen MR) is 85.8 cm³/mol. The summed E-state index contributed by atoms with van der Waals surface area (Å²) >= 11 is 3.66. The van der Waals surface area contributed by atoms with E-state index in [0.29, 0.717) is 5.92 Å². The molecule has 0 spiro atoms. The lowest BCUT2D eigenvalue weighted by Gasteiger charge is -2.37. The smallest absolute Gasteiger partial charge is 0.121 e. The highest BCUT2D eigenvalue weighted by molar-refractivity contribution is 9.10. The summed E-state index contributed by atoms with van der Waals surface area (Å²) < 4.78 is 6.97. The molecule has 0 radical (unpaired) electrons. The molecular weight excluding hydrogens is 314 g/mol. The Balaban J connectivity index is 1.72. The number of hydrogen-bond acceptors (Lipinski definition) is 2. The molecule has 3 atom stereocenters. The van der Waals surface area contributed by atoms with Crippen molar-refractivity contribution in [3.63, 3.8) is 0 Å². The summed E-state index contributed by atoms with van der Waals surface area (Å²) in [4.78, 5) is 0. The van der Waals surface area contributed by atoms with E-state index < -0.39 is 0 Å². The second kappa shape index (κ2) is 6.23. The van der Waals surface area contributed by atoms with Crippen molar-refractivity contribution < 1.29 is 4.42 Å². The van der Waals surface area contributed by atoms with Crippen LogP contribution in [0, 0.1) is 17.8 Å². The Labute approximate surface area is 130 Å². The molecule has 2 fully saturated rings. The number of hydrogen-bond donors (Lipinski definition) is 1. The van der Waals surface area contributed by atoms with Crippen molar-refractivity contribution in [3.05, 3.63) is 22.6 Å². The van der Waals surface area contributed by atoms with Crippen molar-refractivity contribution in [3.8, 4) is 0 Å². The molecule has 112 valence electrons. The van der Waals surface area contributed by atoms with E-state index >= 15 is 0 Å². The molecule has 2 aliphatic rings. The van der Waals surface area contributed by atoms with Gasteiger partial charge in [0.2, 0.25) is 0 Å². The number of rotatable bonds is 5. The highest BCUT2D eigenvalue weighted by Gasteiger charge is 2.36. The van der Waals surface area contributed by atoms with E-state index in [2.05, 4.69) is 35.1 Å². The molecule has 0 aliphatic heterocycles. The van der Waals surface area contributed by atoms with E-state index in [1.807, 2.05) is 12.3 Å². The Hall–Kier alpha value is -0.280. The number of furan rings is 1. The normalized spacial score (nSPS) is 30.9. The van der Waals surface area contributed by atoms with Gasteiger partial charge < -0.3 is 9.73 Å². The summed E-state index contributed by atoms with van der Waals surface area (Å²) in [6, 6.07) is 2.85. The third-order valence-electron chi connectivity index (χ3n) is 5.20. The monoisotopic (exact) mass is 339 g/mol. The van der Waals surface area contributed by atoms with Gasteiger partial charge in [0.05, 0.1) is 10.7 Å². The van der Waals surface area contributed by atoms with Crippen molar-refractivity contribution >= 4 is 15.9 Å². The highest BCUT2D eigenvalue weighted by atomic mass is 79.9. The van der Waals surface area contributed by atoms with E-state index in [4.69, 9.17) is 4.42 Å². The quantitative estimate of drug-likeness (QED) is 0.820. The standard InChI is InChI=1S/C17H26BrNO/c1-11(2)12-3-4-13(10-19-14-5-6-14)15(9-12)17-16(18)7-8-20-17/h7-8,11-15,19H,3-6,9-10H2,1-2H3. The highest BCUT2D eigenvalue weighted by Crippen LogP contribution is 2.45. The summed E-state index contributed by atoms with van der Waals surface area (Å²) in [6.07, 6.45) is 8.56. The predicted octanol–water partition coefficient (Wildman–Crippen LogP) is 4.95.